The van der Waals surface area contributed by atoms with Crippen molar-refractivity contribution in [1.29, 1.82) is 0 Å². The van der Waals surface area contributed by atoms with E-state index < -0.39 is 6.17 Å². The minimum atomic E-state index is -1.10. The smallest absolute Gasteiger partial charge is 0.354 e. The van der Waals surface area contributed by atoms with Crippen molar-refractivity contribution in [1.82, 2.24) is 14.5 Å². The number of aryl methyl sites for hydroxylation is 1. The van der Waals surface area contributed by atoms with Crippen LogP contribution in [0.25, 0.3) is 16.7 Å². The van der Waals surface area contributed by atoms with E-state index in [-0.39, 0.29) is 24.3 Å². The maximum absolute atomic E-state index is 12.9. The molecule has 0 bridgehead atoms. The second-order valence-electron chi connectivity index (χ2n) is 9.44. The number of H-pyrrole nitrogens is 1. The fourth-order valence-corrected chi connectivity index (χ4v) is 3.42. The van der Waals surface area contributed by atoms with Crippen molar-refractivity contribution in [2.75, 3.05) is 13.2 Å². The maximum atomic E-state index is 12.9. The Kier molecular flexibility index (Phi) is 8.43. The molecule has 186 valence electrons. The van der Waals surface area contributed by atoms with Crippen LogP contribution in [0, 0.1) is 6.92 Å². The quantitative estimate of drug-likeness (QED) is 0.385. The van der Waals surface area contributed by atoms with Crippen LogP contribution in [0.15, 0.2) is 65.6 Å². The summed E-state index contributed by atoms with van der Waals surface area (Å²) in [4.78, 5) is 19.1. The van der Waals surface area contributed by atoms with Crippen LogP contribution in [0.5, 0.6) is 5.75 Å². The van der Waals surface area contributed by atoms with Crippen molar-refractivity contribution in [3.05, 3.63) is 88.1 Å². The molecule has 4 aromatic rings. The van der Waals surface area contributed by atoms with Gasteiger partial charge in [0.05, 0.1) is 5.69 Å². The van der Waals surface area contributed by atoms with Crippen molar-refractivity contribution in [3.8, 4) is 11.4 Å². The molecule has 0 amide bonds. The summed E-state index contributed by atoms with van der Waals surface area (Å²) >= 11 is 0. The molecule has 0 saturated heterocycles. The van der Waals surface area contributed by atoms with Gasteiger partial charge in [0.15, 0.2) is 0 Å². The molecular formula is C27H34FN5O2. The molecule has 0 saturated carbocycles. The highest BCUT2D eigenvalue weighted by Gasteiger charge is 2.14. The topological polar surface area (TPSA) is 112 Å². The Hall–Kier alpha value is -3.49. The number of fused-ring (bicyclic) bond motifs is 1. The maximum Gasteiger partial charge on any atom is 0.354 e. The summed E-state index contributed by atoms with van der Waals surface area (Å²) in [6.45, 7) is 8.83. The van der Waals surface area contributed by atoms with Gasteiger partial charge in [-0.2, -0.15) is 4.98 Å². The lowest BCUT2D eigenvalue weighted by Gasteiger charge is -2.20. The second-order valence-corrected chi connectivity index (χ2v) is 9.44. The number of halogens is 1. The Morgan fingerprint density at radius 2 is 1.83 bits per heavy atom. The minimum absolute atomic E-state index is 0.00103. The number of ether oxygens (including phenoxy) is 1. The first-order chi connectivity index (χ1) is 16.6. The zero-order chi connectivity index (χ0) is 25.6. The van der Waals surface area contributed by atoms with E-state index in [2.05, 4.69) is 30.7 Å². The van der Waals surface area contributed by atoms with Gasteiger partial charge in [0, 0.05) is 30.4 Å². The normalized spacial score (nSPS) is 12.2. The van der Waals surface area contributed by atoms with Crippen LogP contribution in [-0.2, 0) is 12.0 Å². The Bertz CT molecular complexity index is 1310. The van der Waals surface area contributed by atoms with E-state index in [1.54, 1.807) is 6.20 Å². The van der Waals surface area contributed by atoms with Gasteiger partial charge in [0.2, 0.25) is 0 Å². The van der Waals surface area contributed by atoms with Crippen LogP contribution >= 0.6 is 0 Å². The first-order valence-electron chi connectivity index (χ1n) is 11.6. The molecule has 0 aliphatic heterocycles. The van der Waals surface area contributed by atoms with Gasteiger partial charge >= 0.3 is 5.69 Å². The molecule has 8 heteroatoms. The summed E-state index contributed by atoms with van der Waals surface area (Å²) < 4.78 is 19.8. The molecule has 5 N–H and O–H groups in total. The largest absolute Gasteiger partial charge is 0.491 e. The lowest BCUT2D eigenvalue weighted by Crippen LogP contribution is -2.22. The molecule has 0 radical (unpaired) electrons. The minimum Gasteiger partial charge on any atom is -0.491 e. The van der Waals surface area contributed by atoms with Crippen molar-refractivity contribution < 1.29 is 9.13 Å². The van der Waals surface area contributed by atoms with Crippen molar-refractivity contribution >= 4 is 11.0 Å². The van der Waals surface area contributed by atoms with E-state index in [1.807, 2.05) is 61.5 Å². The summed E-state index contributed by atoms with van der Waals surface area (Å²) in [7, 11) is 0. The first kappa shape index (κ1) is 26.1. The van der Waals surface area contributed by atoms with E-state index in [1.165, 1.54) is 10.1 Å². The van der Waals surface area contributed by atoms with Crippen molar-refractivity contribution in [2.45, 2.75) is 45.8 Å². The predicted octanol–water partition coefficient (Wildman–Crippen LogP) is 4.14. The monoisotopic (exact) mass is 479 g/mol. The van der Waals surface area contributed by atoms with Crippen molar-refractivity contribution in [3.63, 3.8) is 0 Å². The van der Waals surface area contributed by atoms with Crippen LogP contribution in [0.1, 0.15) is 37.6 Å². The average molecular weight is 480 g/mol. The number of nitrogens with two attached hydrogens (primary N) is 2. The first-order valence-corrected chi connectivity index (χ1v) is 11.6. The van der Waals surface area contributed by atoms with Gasteiger partial charge in [0.25, 0.3) is 0 Å². The lowest BCUT2D eigenvalue weighted by molar-refractivity contribution is 0.201. The number of aromatic amines is 1. The zero-order valence-corrected chi connectivity index (χ0v) is 20.7. The number of nitrogens with zero attached hydrogens (tertiary/aromatic N) is 2. The van der Waals surface area contributed by atoms with Crippen LogP contribution < -0.4 is 21.9 Å². The van der Waals surface area contributed by atoms with Gasteiger partial charge in [0.1, 0.15) is 24.2 Å². The molecule has 0 aliphatic rings. The summed E-state index contributed by atoms with van der Waals surface area (Å²) in [6.07, 6.45) is 0.698. The standard InChI is InChI=1S/C14H14N4O.C13H20FNO/c1-9-6-11-8-18(14(19)17-13(11)16-9)12-4-2-10(7-15)3-5-12;1-13(2,3)10-5-4-6-12(7-10)16-9-11(14)8-15/h2-6,8H,7,15H2,1H3,(H,16,17,19);4-7,11H,8-9,15H2,1-3H3/t;11-/m.0/s1. The number of benzene rings is 2. The molecular weight excluding hydrogens is 445 g/mol. The van der Waals surface area contributed by atoms with E-state index in [9.17, 15) is 9.18 Å². The molecule has 2 heterocycles. The van der Waals surface area contributed by atoms with E-state index in [0.717, 1.165) is 22.3 Å². The molecule has 0 unspecified atom stereocenters. The average Bonchev–Trinajstić information content (AvgIpc) is 3.20. The number of aromatic nitrogens is 3. The zero-order valence-electron chi connectivity index (χ0n) is 20.7. The summed E-state index contributed by atoms with van der Waals surface area (Å²) in [5.74, 6) is 0.698. The fraction of sp³-hybridized carbons (Fsp3) is 0.333. The number of rotatable bonds is 6. The molecule has 7 nitrogen and oxygen atoms in total. The number of alkyl halides is 1. The SMILES string of the molecule is CC(C)(C)c1cccc(OC[C@@H](F)CN)c1.Cc1cc2cn(-c3ccc(CN)cc3)c(=O)nc2[nH]1. The number of nitrogens with one attached hydrogen (secondary N) is 1. The fourth-order valence-electron chi connectivity index (χ4n) is 3.42. The Labute approximate surface area is 204 Å². The predicted molar refractivity (Wildman–Crippen MR) is 139 cm³/mol. The second kappa shape index (κ2) is 11.3. The van der Waals surface area contributed by atoms with Gasteiger partial charge in [-0.15, -0.1) is 0 Å². The third-order valence-electron chi connectivity index (χ3n) is 5.48. The summed E-state index contributed by atoms with van der Waals surface area (Å²) in [6, 6.07) is 17.3. The highest BCUT2D eigenvalue weighted by molar-refractivity contribution is 5.75. The third-order valence-corrected chi connectivity index (χ3v) is 5.48. The molecule has 4 rings (SSSR count). The molecule has 0 fully saturated rings. The summed E-state index contributed by atoms with van der Waals surface area (Å²) in [5.41, 5.74) is 15.1. The van der Waals surface area contributed by atoms with Gasteiger partial charge in [-0.1, -0.05) is 45.0 Å². The highest BCUT2D eigenvalue weighted by Crippen LogP contribution is 2.25. The van der Waals surface area contributed by atoms with Crippen LogP contribution in [0.2, 0.25) is 0 Å². The lowest BCUT2D eigenvalue weighted by atomic mass is 9.87. The van der Waals surface area contributed by atoms with E-state index >= 15 is 0 Å². The van der Waals surface area contributed by atoms with E-state index in [4.69, 9.17) is 16.2 Å². The molecule has 2 aromatic carbocycles. The summed E-state index contributed by atoms with van der Waals surface area (Å²) in [5, 5.41) is 0.917. The van der Waals surface area contributed by atoms with Crippen LogP contribution in [0.4, 0.5) is 4.39 Å². The Morgan fingerprint density at radius 1 is 1.11 bits per heavy atom. The Morgan fingerprint density at radius 3 is 2.46 bits per heavy atom. The molecule has 0 spiro atoms. The molecule has 35 heavy (non-hydrogen) atoms. The van der Waals surface area contributed by atoms with Gasteiger partial charge < -0.3 is 21.2 Å². The number of hydrogen-bond acceptors (Lipinski definition) is 5. The third kappa shape index (κ3) is 7.00. The molecule has 0 aliphatic carbocycles. The van der Waals surface area contributed by atoms with Crippen LogP contribution in [-0.4, -0.2) is 33.9 Å². The van der Waals surface area contributed by atoms with Gasteiger partial charge in [-0.25, -0.2) is 9.18 Å². The van der Waals surface area contributed by atoms with E-state index in [0.29, 0.717) is 17.9 Å². The molecule has 2 aromatic heterocycles. The number of hydrogen-bond donors (Lipinski definition) is 3. The Balaban J connectivity index is 0.000000199. The highest BCUT2D eigenvalue weighted by atomic mass is 19.1. The van der Waals surface area contributed by atoms with Gasteiger partial charge in [-0.3, -0.25) is 4.57 Å². The van der Waals surface area contributed by atoms with Crippen molar-refractivity contribution in [2.24, 2.45) is 11.5 Å². The van der Waals surface area contributed by atoms with Crippen LogP contribution in [0.3, 0.4) is 0 Å². The van der Waals surface area contributed by atoms with Gasteiger partial charge in [-0.05, 0) is 53.8 Å². The molecule has 1 atom stereocenters.